The van der Waals surface area contributed by atoms with Crippen molar-refractivity contribution < 1.29 is 4.79 Å². The van der Waals surface area contributed by atoms with E-state index in [1.54, 1.807) is 0 Å². The van der Waals surface area contributed by atoms with Crippen LogP contribution in [0, 0.1) is 0 Å². The molecule has 0 aliphatic carbocycles. The number of hydrogen-bond donors (Lipinski definition) is 1. The standard InChI is InChI=1S/C10H12NO/c11-10-6-4-9(5-7-10)3-1-2-8-12/h4-7H,1-3,11H2. The van der Waals surface area contributed by atoms with Crippen LogP contribution in [-0.4, -0.2) is 6.29 Å². The smallest absolute Gasteiger partial charge is 0.198 e. The van der Waals surface area contributed by atoms with Crippen LogP contribution < -0.4 is 5.73 Å². The van der Waals surface area contributed by atoms with Crippen molar-refractivity contribution in [3.05, 3.63) is 29.8 Å². The molecular formula is C10H12NO. The van der Waals surface area contributed by atoms with Crippen molar-refractivity contribution in [1.29, 1.82) is 0 Å². The molecule has 0 aliphatic rings. The Morgan fingerprint density at radius 2 is 1.92 bits per heavy atom. The van der Waals surface area contributed by atoms with E-state index in [2.05, 4.69) is 0 Å². The predicted molar refractivity (Wildman–Crippen MR) is 49.5 cm³/mol. The molecule has 0 saturated carbocycles. The second-order valence-electron chi connectivity index (χ2n) is 2.74. The van der Waals surface area contributed by atoms with Gasteiger partial charge >= 0.3 is 0 Å². The lowest BCUT2D eigenvalue weighted by Crippen LogP contribution is -1.88. The van der Waals surface area contributed by atoms with Gasteiger partial charge in [-0.25, -0.2) is 0 Å². The maximum Gasteiger partial charge on any atom is 0.198 e. The topological polar surface area (TPSA) is 43.1 Å². The summed E-state index contributed by atoms with van der Waals surface area (Å²) in [6.45, 7) is 0. The zero-order chi connectivity index (χ0) is 8.81. The number of nitrogens with two attached hydrogens (primary N) is 1. The second kappa shape index (κ2) is 4.54. The summed E-state index contributed by atoms with van der Waals surface area (Å²) in [6, 6.07) is 7.72. The van der Waals surface area contributed by atoms with Gasteiger partial charge in [0.15, 0.2) is 6.29 Å². The Bertz CT molecular complexity index is 241. The average Bonchev–Trinajstić information content (AvgIpc) is 2.09. The van der Waals surface area contributed by atoms with Crippen molar-refractivity contribution in [3.63, 3.8) is 0 Å². The van der Waals surface area contributed by atoms with E-state index in [1.165, 1.54) is 5.56 Å². The summed E-state index contributed by atoms with van der Waals surface area (Å²) in [7, 11) is 0. The third-order valence-corrected chi connectivity index (χ3v) is 1.72. The van der Waals surface area contributed by atoms with Gasteiger partial charge in [-0.2, -0.15) is 0 Å². The zero-order valence-corrected chi connectivity index (χ0v) is 6.92. The number of anilines is 1. The number of benzene rings is 1. The number of unbranched alkanes of at least 4 members (excludes halogenated alkanes) is 1. The van der Waals surface area contributed by atoms with Gasteiger partial charge in [0.2, 0.25) is 0 Å². The lowest BCUT2D eigenvalue weighted by atomic mass is 10.1. The normalized spacial score (nSPS) is 9.67. The molecule has 1 rings (SSSR count). The Kier molecular flexibility index (Phi) is 3.33. The first-order valence-corrected chi connectivity index (χ1v) is 4.02. The van der Waals surface area contributed by atoms with Crippen molar-refractivity contribution in [2.24, 2.45) is 0 Å². The minimum atomic E-state index is 0.518. The average molecular weight is 162 g/mol. The van der Waals surface area contributed by atoms with Crippen LogP contribution in [-0.2, 0) is 11.2 Å². The predicted octanol–water partition coefficient (Wildman–Crippen LogP) is 1.70. The first kappa shape index (κ1) is 8.78. The van der Waals surface area contributed by atoms with Gasteiger partial charge < -0.3 is 5.73 Å². The fourth-order valence-corrected chi connectivity index (χ4v) is 1.05. The monoisotopic (exact) mass is 162 g/mol. The van der Waals surface area contributed by atoms with Crippen LogP contribution in [0.5, 0.6) is 0 Å². The summed E-state index contributed by atoms with van der Waals surface area (Å²) in [4.78, 5) is 9.90. The number of aryl methyl sites for hydroxylation is 1. The number of carbonyl (C=O) groups excluding carboxylic acids is 1. The Morgan fingerprint density at radius 3 is 2.50 bits per heavy atom. The fourth-order valence-electron chi connectivity index (χ4n) is 1.05. The second-order valence-corrected chi connectivity index (χ2v) is 2.74. The third-order valence-electron chi connectivity index (χ3n) is 1.72. The molecule has 0 amide bonds. The molecule has 0 fully saturated rings. The third kappa shape index (κ3) is 2.74. The van der Waals surface area contributed by atoms with Crippen molar-refractivity contribution in [1.82, 2.24) is 0 Å². The molecule has 1 aromatic carbocycles. The maximum atomic E-state index is 9.90. The molecule has 0 saturated heterocycles. The van der Waals surface area contributed by atoms with E-state index in [4.69, 9.17) is 5.73 Å². The van der Waals surface area contributed by atoms with E-state index in [1.807, 2.05) is 30.6 Å². The number of nitrogen functional groups attached to an aromatic ring is 1. The summed E-state index contributed by atoms with van der Waals surface area (Å²) in [5.74, 6) is 0. The van der Waals surface area contributed by atoms with Crippen molar-refractivity contribution in [2.75, 3.05) is 5.73 Å². The largest absolute Gasteiger partial charge is 0.399 e. The van der Waals surface area contributed by atoms with E-state index in [0.29, 0.717) is 6.42 Å². The molecule has 0 spiro atoms. The number of hydrogen-bond acceptors (Lipinski definition) is 2. The number of rotatable bonds is 4. The van der Waals surface area contributed by atoms with Gasteiger partial charge in [-0.15, -0.1) is 0 Å². The van der Waals surface area contributed by atoms with E-state index >= 15 is 0 Å². The lowest BCUT2D eigenvalue weighted by Gasteiger charge is -1.98. The summed E-state index contributed by atoms with van der Waals surface area (Å²) >= 11 is 0. The molecule has 2 heteroatoms. The van der Waals surface area contributed by atoms with Crippen LogP contribution in [0.2, 0.25) is 0 Å². The lowest BCUT2D eigenvalue weighted by molar-refractivity contribution is 0.548. The molecule has 63 valence electrons. The highest BCUT2D eigenvalue weighted by atomic mass is 16.1. The Labute approximate surface area is 72.4 Å². The van der Waals surface area contributed by atoms with E-state index < -0.39 is 0 Å². The fraction of sp³-hybridized carbons (Fsp3) is 0.300. The van der Waals surface area contributed by atoms with Gasteiger partial charge in [0.1, 0.15) is 0 Å². The molecule has 2 N–H and O–H groups in total. The molecule has 1 aromatic rings. The maximum absolute atomic E-state index is 9.90. The van der Waals surface area contributed by atoms with Gasteiger partial charge in [-0.3, -0.25) is 4.79 Å². The molecule has 12 heavy (non-hydrogen) atoms. The van der Waals surface area contributed by atoms with Crippen LogP contribution in [0.1, 0.15) is 18.4 Å². The van der Waals surface area contributed by atoms with Gasteiger partial charge in [0.05, 0.1) is 0 Å². The molecule has 0 unspecified atom stereocenters. The Hall–Kier alpha value is -1.31. The first-order valence-electron chi connectivity index (χ1n) is 4.02. The van der Waals surface area contributed by atoms with Crippen LogP contribution in [0.3, 0.4) is 0 Å². The first-order chi connectivity index (χ1) is 5.83. The molecule has 0 aliphatic heterocycles. The minimum absolute atomic E-state index is 0.518. The van der Waals surface area contributed by atoms with Gasteiger partial charge in [-0.05, 0) is 30.5 Å². The summed E-state index contributed by atoms with van der Waals surface area (Å²) in [5.41, 5.74) is 7.52. The molecule has 0 heterocycles. The van der Waals surface area contributed by atoms with Crippen molar-refractivity contribution in [2.45, 2.75) is 19.3 Å². The summed E-state index contributed by atoms with van der Waals surface area (Å²) < 4.78 is 0. The minimum Gasteiger partial charge on any atom is -0.399 e. The van der Waals surface area contributed by atoms with Crippen LogP contribution in [0.15, 0.2) is 24.3 Å². The molecule has 1 radical (unpaired) electrons. The van der Waals surface area contributed by atoms with Gasteiger partial charge in [0, 0.05) is 12.1 Å². The molecule has 0 aromatic heterocycles. The molecule has 0 bridgehead atoms. The van der Waals surface area contributed by atoms with Crippen LogP contribution in [0.4, 0.5) is 5.69 Å². The van der Waals surface area contributed by atoms with Gasteiger partial charge in [-0.1, -0.05) is 12.1 Å². The molecule has 0 atom stereocenters. The Balaban J connectivity index is 2.42. The summed E-state index contributed by atoms with van der Waals surface area (Å²) in [5, 5.41) is 0. The zero-order valence-electron chi connectivity index (χ0n) is 6.92. The van der Waals surface area contributed by atoms with Gasteiger partial charge in [0.25, 0.3) is 0 Å². The Morgan fingerprint density at radius 1 is 1.25 bits per heavy atom. The summed E-state index contributed by atoms with van der Waals surface area (Å²) in [6.07, 6.45) is 4.19. The van der Waals surface area contributed by atoms with Crippen molar-refractivity contribution in [3.8, 4) is 0 Å². The van der Waals surface area contributed by atoms with Crippen molar-refractivity contribution >= 4 is 12.0 Å². The van der Waals surface area contributed by atoms with E-state index in [-0.39, 0.29) is 0 Å². The highest BCUT2D eigenvalue weighted by molar-refractivity contribution is 5.50. The SMILES string of the molecule is Nc1ccc(CCC[C]=O)cc1. The van der Waals surface area contributed by atoms with Crippen LogP contribution in [0.25, 0.3) is 0 Å². The van der Waals surface area contributed by atoms with Crippen LogP contribution >= 0.6 is 0 Å². The quantitative estimate of drug-likeness (QED) is 0.541. The highest BCUT2D eigenvalue weighted by Crippen LogP contribution is 2.07. The van der Waals surface area contributed by atoms with E-state index in [0.717, 1.165) is 18.5 Å². The van der Waals surface area contributed by atoms with E-state index in [9.17, 15) is 4.79 Å². The molecule has 2 nitrogen and oxygen atoms in total. The molecular weight excluding hydrogens is 150 g/mol. The highest BCUT2D eigenvalue weighted by Gasteiger charge is 1.92.